The van der Waals surface area contributed by atoms with Crippen molar-refractivity contribution in [2.75, 3.05) is 13.2 Å². The van der Waals surface area contributed by atoms with Crippen LogP contribution in [0.1, 0.15) is 5.56 Å². The minimum atomic E-state index is -3.60. The summed E-state index contributed by atoms with van der Waals surface area (Å²) in [6, 6.07) is 6.36. The Morgan fingerprint density at radius 2 is 1.88 bits per heavy atom. The summed E-state index contributed by atoms with van der Waals surface area (Å²) in [5.74, 6) is 0. The maximum absolute atomic E-state index is 11.7. The Hall–Kier alpha value is -0.950. The molecule has 1 atom stereocenters. The molecule has 0 spiro atoms. The quantitative estimate of drug-likeness (QED) is 0.660. The molecule has 0 heterocycles. The zero-order valence-corrected chi connectivity index (χ0v) is 9.74. The highest BCUT2D eigenvalue weighted by atomic mass is 32.2. The molecule has 0 saturated carbocycles. The maximum atomic E-state index is 11.7. The van der Waals surface area contributed by atoms with Crippen molar-refractivity contribution in [3.05, 3.63) is 29.8 Å². The molecule has 1 aromatic rings. The van der Waals surface area contributed by atoms with Gasteiger partial charge in [-0.25, -0.2) is 13.1 Å². The van der Waals surface area contributed by atoms with Crippen LogP contribution in [-0.4, -0.2) is 37.9 Å². The Balaban J connectivity index is 2.74. The number of aliphatic hydroxyl groups is 2. The van der Waals surface area contributed by atoms with Crippen molar-refractivity contribution >= 4 is 10.0 Å². The van der Waals surface area contributed by atoms with Gasteiger partial charge in [0.15, 0.2) is 0 Å². The first-order chi connectivity index (χ1) is 7.45. The van der Waals surface area contributed by atoms with Crippen LogP contribution in [0.15, 0.2) is 29.2 Å². The Morgan fingerprint density at radius 3 is 2.38 bits per heavy atom. The largest absolute Gasteiger partial charge is 0.394 e. The lowest BCUT2D eigenvalue weighted by atomic mass is 10.2. The first-order valence-electron chi connectivity index (χ1n) is 4.81. The van der Waals surface area contributed by atoms with E-state index < -0.39 is 22.7 Å². The van der Waals surface area contributed by atoms with Crippen molar-refractivity contribution in [3.8, 4) is 0 Å². The smallest absolute Gasteiger partial charge is 0.240 e. The van der Waals surface area contributed by atoms with E-state index in [4.69, 9.17) is 10.2 Å². The maximum Gasteiger partial charge on any atom is 0.240 e. The first-order valence-corrected chi connectivity index (χ1v) is 6.29. The molecule has 3 N–H and O–H groups in total. The third-order valence-electron chi connectivity index (χ3n) is 2.05. The van der Waals surface area contributed by atoms with Crippen LogP contribution in [-0.2, 0) is 10.0 Å². The molecular formula is C10H15NO4S. The zero-order chi connectivity index (χ0) is 12.2. The summed E-state index contributed by atoms with van der Waals surface area (Å²) in [6.07, 6.45) is -1.08. The van der Waals surface area contributed by atoms with Gasteiger partial charge in [-0.2, -0.15) is 0 Å². The minimum absolute atomic E-state index is 0.142. The summed E-state index contributed by atoms with van der Waals surface area (Å²) in [7, 11) is -3.60. The first kappa shape index (κ1) is 13.1. The molecular weight excluding hydrogens is 230 g/mol. The van der Waals surface area contributed by atoms with Gasteiger partial charge in [-0.3, -0.25) is 0 Å². The zero-order valence-electron chi connectivity index (χ0n) is 8.92. The summed E-state index contributed by atoms with van der Waals surface area (Å²) < 4.78 is 25.5. The molecule has 1 aromatic carbocycles. The lowest BCUT2D eigenvalue weighted by molar-refractivity contribution is 0.0988. The average molecular weight is 245 g/mol. The molecule has 0 saturated heterocycles. The molecule has 0 radical (unpaired) electrons. The molecule has 6 heteroatoms. The van der Waals surface area contributed by atoms with Gasteiger partial charge in [0.05, 0.1) is 17.6 Å². The summed E-state index contributed by atoms with van der Waals surface area (Å²) in [4.78, 5) is 0.142. The van der Waals surface area contributed by atoms with Crippen LogP contribution >= 0.6 is 0 Å². The van der Waals surface area contributed by atoms with Gasteiger partial charge in [0.1, 0.15) is 0 Å². The van der Waals surface area contributed by atoms with E-state index in [2.05, 4.69) is 4.72 Å². The van der Waals surface area contributed by atoms with E-state index in [1.165, 1.54) is 12.1 Å². The van der Waals surface area contributed by atoms with E-state index in [1.807, 2.05) is 6.92 Å². The molecule has 16 heavy (non-hydrogen) atoms. The number of aliphatic hydroxyl groups excluding tert-OH is 2. The fourth-order valence-electron chi connectivity index (χ4n) is 1.07. The van der Waals surface area contributed by atoms with Crippen LogP contribution in [0, 0.1) is 6.92 Å². The number of aryl methyl sites for hydroxylation is 1. The van der Waals surface area contributed by atoms with Crippen LogP contribution in [0.3, 0.4) is 0 Å². The van der Waals surface area contributed by atoms with E-state index in [0.29, 0.717) is 0 Å². The number of rotatable bonds is 5. The fourth-order valence-corrected chi connectivity index (χ4v) is 2.14. The number of hydrogen-bond donors (Lipinski definition) is 3. The Bertz CT molecular complexity index is 427. The van der Waals surface area contributed by atoms with Crippen LogP contribution in [0.5, 0.6) is 0 Å². The molecule has 0 aliphatic heterocycles. The third kappa shape index (κ3) is 3.57. The van der Waals surface area contributed by atoms with Crippen molar-refractivity contribution in [1.82, 2.24) is 4.72 Å². The van der Waals surface area contributed by atoms with Crippen molar-refractivity contribution in [2.24, 2.45) is 0 Å². The standard InChI is InChI=1S/C10H15NO4S/c1-8-2-4-10(5-3-8)16(14,15)11-6-9(13)7-12/h2-5,9,11-13H,6-7H2,1H3. The summed E-state index contributed by atoms with van der Waals surface area (Å²) in [6.45, 7) is 1.18. The van der Waals surface area contributed by atoms with Gasteiger partial charge in [-0.1, -0.05) is 17.7 Å². The van der Waals surface area contributed by atoms with Crippen molar-refractivity contribution in [2.45, 2.75) is 17.9 Å². The normalized spacial score (nSPS) is 13.7. The second kappa shape index (κ2) is 5.40. The van der Waals surface area contributed by atoms with E-state index in [-0.39, 0.29) is 11.4 Å². The second-order valence-corrected chi connectivity index (χ2v) is 5.27. The van der Waals surface area contributed by atoms with E-state index >= 15 is 0 Å². The highest BCUT2D eigenvalue weighted by molar-refractivity contribution is 7.89. The number of benzene rings is 1. The Labute approximate surface area is 94.8 Å². The van der Waals surface area contributed by atoms with E-state index in [1.54, 1.807) is 12.1 Å². The Morgan fingerprint density at radius 1 is 1.31 bits per heavy atom. The molecule has 1 rings (SSSR count). The average Bonchev–Trinajstić information content (AvgIpc) is 2.26. The van der Waals surface area contributed by atoms with Crippen molar-refractivity contribution in [3.63, 3.8) is 0 Å². The number of hydrogen-bond acceptors (Lipinski definition) is 4. The summed E-state index contributed by atoms with van der Waals surface area (Å²) in [5.41, 5.74) is 0.967. The molecule has 0 aliphatic rings. The second-order valence-electron chi connectivity index (χ2n) is 3.50. The topological polar surface area (TPSA) is 86.6 Å². The van der Waals surface area contributed by atoms with Gasteiger partial charge >= 0.3 is 0 Å². The van der Waals surface area contributed by atoms with E-state index in [9.17, 15) is 8.42 Å². The van der Waals surface area contributed by atoms with Gasteiger partial charge in [0.2, 0.25) is 10.0 Å². The van der Waals surface area contributed by atoms with Gasteiger partial charge in [-0.15, -0.1) is 0 Å². The molecule has 0 aliphatic carbocycles. The third-order valence-corrected chi connectivity index (χ3v) is 3.49. The number of sulfonamides is 1. The van der Waals surface area contributed by atoms with Crippen LogP contribution in [0.4, 0.5) is 0 Å². The van der Waals surface area contributed by atoms with E-state index in [0.717, 1.165) is 5.56 Å². The van der Waals surface area contributed by atoms with Gasteiger partial charge < -0.3 is 10.2 Å². The molecule has 0 aromatic heterocycles. The number of nitrogens with one attached hydrogen (secondary N) is 1. The summed E-state index contributed by atoms with van der Waals surface area (Å²) >= 11 is 0. The summed E-state index contributed by atoms with van der Waals surface area (Å²) in [5, 5.41) is 17.6. The molecule has 0 bridgehead atoms. The van der Waals surface area contributed by atoms with Crippen molar-refractivity contribution < 1.29 is 18.6 Å². The van der Waals surface area contributed by atoms with Gasteiger partial charge in [-0.05, 0) is 19.1 Å². The van der Waals surface area contributed by atoms with Crippen LogP contribution < -0.4 is 4.72 Å². The molecule has 5 nitrogen and oxygen atoms in total. The lowest BCUT2D eigenvalue weighted by Crippen LogP contribution is -2.33. The monoisotopic (exact) mass is 245 g/mol. The lowest BCUT2D eigenvalue weighted by Gasteiger charge is -2.09. The molecule has 0 fully saturated rings. The minimum Gasteiger partial charge on any atom is -0.394 e. The predicted molar refractivity (Wildman–Crippen MR) is 59.5 cm³/mol. The SMILES string of the molecule is Cc1ccc(S(=O)(=O)NCC(O)CO)cc1. The van der Waals surface area contributed by atoms with Crippen LogP contribution in [0.2, 0.25) is 0 Å². The van der Waals surface area contributed by atoms with Crippen molar-refractivity contribution in [1.29, 1.82) is 0 Å². The molecule has 90 valence electrons. The Kier molecular flexibility index (Phi) is 4.43. The highest BCUT2D eigenvalue weighted by Crippen LogP contribution is 2.09. The molecule has 0 amide bonds. The van der Waals surface area contributed by atoms with Gasteiger partial charge in [0, 0.05) is 6.54 Å². The highest BCUT2D eigenvalue weighted by Gasteiger charge is 2.14. The van der Waals surface area contributed by atoms with Crippen LogP contribution in [0.25, 0.3) is 0 Å². The predicted octanol–water partition coefficient (Wildman–Crippen LogP) is -0.373. The fraction of sp³-hybridized carbons (Fsp3) is 0.400. The molecule has 1 unspecified atom stereocenters. The van der Waals surface area contributed by atoms with Gasteiger partial charge in [0.25, 0.3) is 0 Å².